The number of hydrogen-bond acceptors (Lipinski definition) is 2. The second kappa shape index (κ2) is 5.90. The average molecular weight is 175 g/mol. The lowest BCUT2D eigenvalue weighted by Crippen LogP contribution is -2.28. The van der Waals surface area contributed by atoms with Crippen molar-refractivity contribution in [1.29, 1.82) is 0 Å². The quantitative estimate of drug-likeness (QED) is 0.627. The van der Waals surface area contributed by atoms with Gasteiger partial charge in [-0.3, -0.25) is 0 Å². The summed E-state index contributed by atoms with van der Waals surface area (Å²) in [6, 6.07) is 0. The third kappa shape index (κ3) is 6.70. The van der Waals surface area contributed by atoms with E-state index in [-0.39, 0.29) is 0 Å². The van der Waals surface area contributed by atoms with Crippen LogP contribution < -0.4 is 0 Å². The molecule has 1 unspecified atom stereocenters. The molecule has 0 saturated heterocycles. The summed E-state index contributed by atoms with van der Waals surface area (Å²) in [4.78, 5) is 2.38. The van der Waals surface area contributed by atoms with Gasteiger partial charge in [0.1, 0.15) is 0 Å². The number of thiol groups is 1. The van der Waals surface area contributed by atoms with Crippen LogP contribution in [0.5, 0.6) is 0 Å². The van der Waals surface area contributed by atoms with Gasteiger partial charge >= 0.3 is 0 Å². The lowest BCUT2D eigenvalue weighted by molar-refractivity contribution is 0.267. The zero-order valence-corrected chi connectivity index (χ0v) is 9.06. The van der Waals surface area contributed by atoms with Crippen LogP contribution in [0.4, 0.5) is 0 Å². The van der Waals surface area contributed by atoms with Crippen LogP contribution in [0.15, 0.2) is 0 Å². The number of hydrogen-bond donors (Lipinski definition) is 1. The Morgan fingerprint density at radius 2 is 1.73 bits per heavy atom. The van der Waals surface area contributed by atoms with Crippen molar-refractivity contribution in [2.45, 2.75) is 20.8 Å². The second-order valence-electron chi connectivity index (χ2n) is 3.90. The first kappa shape index (κ1) is 11.3. The number of rotatable bonds is 5. The Morgan fingerprint density at radius 1 is 1.18 bits per heavy atom. The van der Waals surface area contributed by atoms with E-state index in [1.807, 2.05) is 0 Å². The van der Waals surface area contributed by atoms with Crippen LogP contribution in [0.2, 0.25) is 0 Å². The van der Waals surface area contributed by atoms with Gasteiger partial charge in [-0.25, -0.2) is 0 Å². The minimum absolute atomic E-state index is 0.710. The molecule has 0 heterocycles. The van der Waals surface area contributed by atoms with E-state index in [1.54, 1.807) is 0 Å². The second-order valence-corrected chi connectivity index (χ2v) is 4.27. The summed E-state index contributed by atoms with van der Waals surface area (Å²) in [6.07, 6.45) is 0. The van der Waals surface area contributed by atoms with Gasteiger partial charge in [-0.1, -0.05) is 20.8 Å². The summed E-state index contributed by atoms with van der Waals surface area (Å²) in [5.74, 6) is 2.47. The molecule has 0 aromatic rings. The van der Waals surface area contributed by atoms with E-state index in [2.05, 4.69) is 45.3 Å². The van der Waals surface area contributed by atoms with Crippen LogP contribution in [-0.2, 0) is 0 Å². The van der Waals surface area contributed by atoms with Crippen LogP contribution in [0, 0.1) is 11.8 Å². The molecular formula is C9H21NS. The van der Waals surface area contributed by atoms with Gasteiger partial charge in [-0.2, -0.15) is 12.6 Å². The molecule has 0 saturated carbocycles. The van der Waals surface area contributed by atoms with Crippen LogP contribution in [0.3, 0.4) is 0 Å². The molecule has 0 aromatic heterocycles. The normalized spacial score (nSPS) is 14.5. The Hall–Kier alpha value is 0.310. The minimum atomic E-state index is 0.710. The van der Waals surface area contributed by atoms with Crippen molar-refractivity contribution in [2.24, 2.45) is 11.8 Å². The van der Waals surface area contributed by atoms with Crippen molar-refractivity contribution in [3.63, 3.8) is 0 Å². The summed E-state index contributed by atoms with van der Waals surface area (Å²) in [5, 5.41) is 0. The predicted molar refractivity (Wildman–Crippen MR) is 55.4 cm³/mol. The molecule has 0 bridgehead atoms. The summed E-state index contributed by atoms with van der Waals surface area (Å²) < 4.78 is 0. The fourth-order valence-electron chi connectivity index (χ4n) is 1.29. The van der Waals surface area contributed by atoms with Crippen LogP contribution >= 0.6 is 12.6 Å². The van der Waals surface area contributed by atoms with E-state index in [9.17, 15) is 0 Å². The molecule has 0 radical (unpaired) electrons. The smallest absolute Gasteiger partial charge is 0.00119 e. The van der Waals surface area contributed by atoms with Gasteiger partial charge in [0.25, 0.3) is 0 Å². The summed E-state index contributed by atoms with van der Waals surface area (Å²) in [5.41, 5.74) is 0. The molecule has 0 aromatic carbocycles. The largest absolute Gasteiger partial charge is 0.306 e. The number of nitrogens with zero attached hydrogens (tertiary/aromatic N) is 1. The summed E-state index contributed by atoms with van der Waals surface area (Å²) >= 11 is 4.25. The summed E-state index contributed by atoms with van der Waals surface area (Å²) in [7, 11) is 2.18. The first-order chi connectivity index (χ1) is 5.06. The van der Waals surface area contributed by atoms with Crippen molar-refractivity contribution in [1.82, 2.24) is 4.90 Å². The Morgan fingerprint density at radius 3 is 2.09 bits per heavy atom. The van der Waals surface area contributed by atoms with E-state index in [0.717, 1.165) is 11.7 Å². The first-order valence-corrected chi connectivity index (χ1v) is 4.99. The van der Waals surface area contributed by atoms with Gasteiger partial charge < -0.3 is 4.90 Å². The van der Waals surface area contributed by atoms with E-state index in [0.29, 0.717) is 5.92 Å². The molecule has 1 nitrogen and oxygen atoms in total. The molecular weight excluding hydrogens is 154 g/mol. The minimum Gasteiger partial charge on any atom is -0.306 e. The fourth-order valence-corrected chi connectivity index (χ4v) is 1.40. The van der Waals surface area contributed by atoms with Crippen molar-refractivity contribution < 1.29 is 0 Å². The predicted octanol–water partition coefficient (Wildman–Crippen LogP) is 2.14. The maximum atomic E-state index is 4.25. The van der Waals surface area contributed by atoms with Gasteiger partial charge in [0.2, 0.25) is 0 Å². The van der Waals surface area contributed by atoms with Crippen molar-refractivity contribution >= 4 is 12.6 Å². The molecule has 0 aliphatic carbocycles. The van der Waals surface area contributed by atoms with Crippen molar-refractivity contribution in [2.75, 3.05) is 25.9 Å². The van der Waals surface area contributed by atoms with Crippen LogP contribution in [-0.4, -0.2) is 30.8 Å². The van der Waals surface area contributed by atoms with Crippen molar-refractivity contribution in [3.05, 3.63) is 0 Å². The lowest BCUT2D eigenvalue weighted by atomic mass is 10.1. The zero-order valence-electron chi connectivity index (χ0n) is 8.17. The molecule has 11 heavy (non-hydrogen) atoms. The average Bonchev–Trinajstić information content (AvgIpc) is 1.85. The van der Waals surface area contributed by atoms with Crippen LogP contribution in [0.1, 0.15) is 20.8 Å². The monoisotopic (exact) mass is 175 g/mol. The van der Waals surface area contributed by atoms with E-state index in [1.165, 1.54) is 13.1 Å². The van der Waals surface area contributed by atoms with Gasteiger partial charge in [0.15, 0.2) is 0 Å². The Bertz CT molecular complexity index is 93.6. The van der Waals surface area contributed by atoms with Crippen LogP contribution in [0.25, 0.3) is 0 Å². The van der Waals surface area contributed by atoms with Gasteiger partial charge in [-0.05, 0) is 24.6 Å². The highest BCUT2D eigenvalue weighted by Crippen LogP contribution is 2.02. The van der Waals surface area contributed by atoms with E-state index < -0.39 is 0 Å². The Kier molecular flexibility index (Phi) is 6.06. The molecule has 0 amide bonds. The Balaban J connectivity index is 3.43. The van der Waals surface area contributed by atoms with Gasteiger partial charge in [0.05, 0.1) is 0 Å². The fraction of sp³-hybridized carbons (Fsp3) is 1.00. The highest BCUT2D eigenvalue weighted by molar-refractivity contribution is 7.80. The van der Waals surface area contributed by atoms with E-state index >= 15 is 0 Å². The maximum Gasteiger partial charge on any atom is 0.00119 e. The molecule has 0 aliphatic rings. The third-order valence-electron chi connectivity index (χ3n) is 1.61. The molecule has 0 aliphatic heterocycles. The van der Waals surface area contributed by atoms with Crippen molar-refractivity contribution in [3.8, 4) is 0 Å². The first-order valence-electron chi connectivity index (χ1n) is 4.35. The highest BCUT2D eigenvalue weighted by Gasteiger charge is 2.05. The molecule has 0 N–H and O–H groups in total. The maximum absolute atomic E-state index is 4.25. The SMILES string of the molecule is CC(C)CN(C)CC(C)CS. The standard InChI is InChI=1S/C9H21NS/c1-8(2)5-10(4)6-9(3)7-11/h8-9,11H,5-7H2,1-4H3. The van der Waals surface area contributed by atoms with Gasteiger partial charge in [-0.15, -0.1) is 0 Å². The van der Waals surface area contributed by atoms with E-state index in [4.69, 9.17) is 0 Å². The molecule has 0 fully saturated rings. The zero-order chi connectivity index (χ0) is 8.85. The highest BCUT2D eigenvalue weighted by atomic mass is 32.1. The topological polar surface area (TPSA) is 3.24 Å². The Labute approximate surface area is 76.6 Å². The summed E-state index contributed by atoms with van der Waals surface area (Å²) in [6.45, 7) is 9.10. The van der Waals surface area contributed by atoms with Gasteiger partial charge in [0, 0.05) is 13.1 Å². The molecule has 0 spiro atoms. The lowest BCUT2D eigenvalue weighted by Gasteiger charge is -2.21. The molecule has 1 atom stereocenters. The third-order valence-corrected chi connectivity index (χ3v) is 2.24. The molecule has 68 valence electrons. The molecule has 2 heteroatoms. The molecule has 0 rings (SSSR count).